The van der Waals surface area contributed by atoms with Crippen LogP contribution in [0.25, 0.3) is 0 Å². The van der Waals surface area contributed by atoms with Gasteiger partial charge in [0.25, 0.3) is 10.1 Å². The molecule has 0 bridgehead atoms. The maximum Gasteiger partial charge on any atom is 0.298 e. The predicted molar refractivity (Wildman–Crippen MR) is 57.7 cm³/mol. The minimum absolute atomic E-state index is 0.0417. The molecule has 0 amide bonds. The van der Waals surface area contributed by atoms with Gasteiger partial charge in [-0.25, -0.2) is 0 Å². The molecule has 1 aromatic rings. The highest BCUT2D eigenvalue weighted by Gasteiger charge is 2.19. The lowest BCUT2D eigenvalue weighted by molar-refractivity contribution is -0.276. The second-order valence-electron chi connectivity index (χ2n) is 4.20. The summed E-state index contributed by atoms with van der Waals surface area (Å²) in [6.07, 6.45) is 0. The first-order chi connectivity index (χ1) is 7.20. The summed E-state index contributed by atoms with van der Waals surface area (Å²) in [5.74, 6) is -0.0417. The fourth-order valence-corrected chi connectivity index (χ4v) is 1.51. The van der Waals surface area contributed by atoms with E-state index in [9.17, 15) is 8.42 Å². The molecule has 0 aromatic heterocycles. The van der Waals surface area contributed by atoms with Crippen molar-refractivity contribution in [2.75, 3.05) is 0 Å². The van der Waals surface area contributed by atoms with E-state index in [1.54, 1.807) is 26.8 Å². The molecule has 0 radical (unpaired) electrons. The van der Waals surface area contributed by atoms with Gasteiger partial charge < -0.3 is 4.89 Å². The third kappa shape index (κ3) is 3.80. The summed E-state index contributed by atoms with van der Waals surface area (Å²) in [4.78, 5) is 9.54. The van der Waals surface area contributed by atoms with Crippen LogP contribution in [0, 0.1) is 0 Å². The van der Waals surface area contributed by atoms with E-state index >= 15 is 0 Å². The Kier molecular flexibility index (Phi) is 3.57. The summed E-state index contributed by atoms with van der Waals surface area (Å²) in [5.41, 5.74) is -0.577. The fourth-order valence-electron chi connectivity index (χ4n) is 0.902. The lowest BCUT2D eigenvalue weighted by Crippen LogP contribution is -2.21. The van der Waals surface area contributed by atoms with Gasteiger partial charge in [0.1, 0.15) is 10.5 Å². The molecule has 0 atom stereocenters. The highest BCUT2D eigenvalue weighted by Crippen LogP contribution is 2.24. The van der Waals surface area contributed by atoms with Gasteiger partial charge in [0.2, 0.25) is 0 Å². The van der Waals surface area contributed by atoms with Crippen molar-refractivity contribution in [2.24, 2.45) is 0 Å². The number of hydrogen-bond donors (Lipinski definition) is 1. The largest absolute Gasteiger partial charge is 0.336 e. The molecule has 0 saturated heterocycles. The maximum atomic E-state index is 11.0. The van der Waals surface area contributed by atoms with Crippen LogP contribution in [0.4, 0.5) is 0 Å². The summed E-state index contributed by atoms with van der Waals surface area (Å²) >= 11 is 0. The second-order valence-corrected chi connectivity index (χ2v) is 5.59. The quantitative estimate of drug-likeness (QED) is 0.502. The molecule has 0 fully saturated rings. The van der Waals surface area contributed by atoms with Crippen molar-refractivity contribution >= 4 is 10.1 Å². The SMILES string of the molecule is CC(C)(C)OOc1ccccc1S(=O)(=O)O. The third-order valence-electron chi connectivity index (χ3n) is 1.51. The van der Waals surface area contributed by atoms with Crippen molar-refractivity contribution in [3.8, 4) is 5.75 Å². The van der Waals surface area contributed by atoms with E-state index in [1.165, 1.54) is 18.2 Å². The van der Waals surface area contributed by atoms with Gasteiger partial charge in [-0.2, -0.15) is 13.3 Å². The van der Waals surface area contributed by atoms with Gasteiger partial charge in [-0.1, -0.05) is 12.1 Å². The van der Waals surface area contributed by atoms with Gasteiger partial charge in [-0.3, -0.25) is 4.55 Å². The van der Waals surface area contributed by atoms with Crippen LogP contribution in [0.1, 0.15) is 20.8 Å². The van der Waals surface area contributed by atoms with E-state index in [0.717, 1.165) is 0 Å². The van der Waals surface area contributed by atoms with Gasteiger partial charge in [-0.05, 0) is 32.9 Å². The van der Waals surface area contributed by atoms with E-state index in [2.05, 4.69) is 0 Å². The smallest absolute Gasteiger partial charge is 0.298 e. The maximum absolute atomic E-state index is 11.0. The Balaban J connectivity index is 2.97. The van der Waals surface area contributed by atoms with E-state index in [-0.39, 0.29) is 10.6 Å². The number of rotatable bonds is 3. The monoisotopic (exact) mass is 246 g/mol. The van der Waals surface area contributed by atoms with Crippen molar-refractivity contribution in [1.82, 2.24) is 0 Å². The van der Waals surface area contributed by atoms with E-state index in [0.29, 0.717) is 0 Å². The van der Waals surface area contributed by atoms with Crippen molar-refractivity contribution < 1.29 is 22.7 Å². The average molecular weight is 246 g/mol. The molecular formula is C10H14O5S. The summed E-state index contributed by atoms with van der Waals surface area (Å²) < 4.78 is 30.9. The second kappa shape index (κ2) is 4.40. The summed E-state index contributed by atoms with van der Waals surface area (Å²) in [6, 6.07) is 5.69. The molecule has 0 heterocycles. The molecule has 6 heteroatoms. The first-order valence-electron chi connectivity index (χ1n) is 4.62. The molecule has 1 N–H and O–H groups in total. The molecule has 0 spiro atoms. The average Bonchev–Trinajstić information content (AvgIpc) is 2.12. The Bertz CT molecular complexity index is 458. The van der Waals surface area contributed by atoms with Crippen LogP contribution in [0.15, 0.2) is 29.2 Å². The first kappa shape index (κ1) is 13.0. The van der Waals surface area contributed by atoms with Crippen LogP contribution < -0.4 is 4.89 Å². The number of para-hydroxylation sites is 1. The molecule has 0 aliphatic heterocycles. The molecule has 0 aliphatic carbocycles. The summed E-state index contributed by atoms with van der Waals surface area (Å²) in [7, 11) is -4.31. The van der Waals surface area contributed by atoms with Crippen LogP contribution in [-0.4, -0.2) is 18.6 Å². The van der Waals surface area contributed by atoms with E-state index in [1.807, 2.05) is 0 Å². The van der Waals surface area contributed by atoms with Gasteiger partial charge in [0.15, 0.2) is 5.75 Å². The summed E-state index contributed by atoms with van der Waals surface area (Å²) in [6.45, 7) is 5.26. The highest BCUT2D eigenvalue weighted by atomic mass is 32.2. The topological polar surface area (TPSA) is 72.8 Å². The summed E-state index contributed by atoms with van der Waals surface area (Å²) in [5, 5.41) is 0. The molecule has 90 valence electrons. The van der Waals surface area contributed by atoms with Crippen LogP contribution in [-0.2, 0) is 15.0 Å². The standard InChI is InChI=1S/C10H14O5S/c1-10(2,3)15-14-8-6-4-5-7-9(8)16(11,12)13/h4-7H,1-3H3,(H,11,12,13). The van der Waals surface area contributed by atoms with Crippen molar-refractivity contribution in [2.45, 2.75) is 31.3 Å². The first-order valence-corrected chi connectivity index (χ1v) is 6.06. The van der Waals surface area contributed by atoms with Gasteiger partial charge in [-0.15, -0.1) is 0 Å². The zero-order chi connectivity index (χ0) is 12.4. The Morgan fingerprint density at radius 1 is 1.19 bits per heavy atom. The molecule has 5 nitrogen and oxygen atoms in total. The van der Waals surface area contributed by atoms with Crippen molar-refractivity contribution in [1.29, 1.82) is 0 Å². The highest BCUT2D eigenvalue weighted by molar-refractivity contribution is 7.86. The zero-order valence-corrected chi connectivity index (χ0v) is 10.1. The van der Waals surface area contributed by atoms with Gasteiger partial charge >= 0.3 is 0 Å². The molecule has 16 heavy (non-hydrogen) atoms. The Labute approximate surface area is 94.7 Å². The van der Waals surface area contributed by atoms with E-state index < -0.39 is 15.7 Å². The number of benzene rings is 1. The minimum Gasteiger partial charge on any atom is -0.336 e. The Morgan fingerprint density at radius 2 is 1.75 bits per heavy atom. The molecule has 0 saturated carbocycles. The lowest BCUT2D eigenvalue weighted by Gasteiger charge is -2.18. The van der Waals surface area contributed by atoms with Gasteiger partial charge in [0, 0.05) is 0 Å². The minimum atomic E-state index is -4.31. The molecule has 0 aliphatic rings. The van der Waals surface area contributed by atoms with Crippen LogP contribution in [0.5, 0.6) is 5.75 Å². The van der Waals surface area contributed by atoms with Crippen molar-refractivity contribution in [3.63, 3.8) is 0 Å². The molecular weight excluding hydrogens is 232 g/mol. The molecule has 1 rings (SSSR count). The van der Waals surface area contributed by atoms with E-state index in [4.69, 9.17) is 14.3 Å². The normalized spacial score (nSPS) is 12.5. The van der Waals surface area contributed by atoms with Crippen LogP contribution >= 0.6 is 0 Å². The Hall–Kier alpha value is -1.11. The Morgan fingerprint density at radius 3 is 2.25 bits per heavy atom. The number of hydrogen-bond acceptors (Lipinski definition) is 4. The molecule has 1 aromatic carbocycles. The predicted octanol–water partition coefficient (Wildman–Crippen LogP) is 2.04. The van der Waals surface area contributed by atoms with Gasteiger partial charge in [0.05, 0.1) is 0 Å². The van der Waals surface area contributed by atoms with Crippen LogP contribution in [0.2, 0.25) is 0 Å². The van der Waals surface area contributed by atoms with Crippen LogP contribution in [0.3, 0.4) is 0 Å². The fraction of sp³-hybridized carbons (Fsp3) is 0.400. The third-order valence-corrected chi connectivity index (χ3v) is 2.40. The lowest BCUT2D eigenvalue weighted by atomic mass is 10.2. The zero-order valence-electron chi connectivity index (χ0n) is 9.30. The van der Waals surface area contributed by atoms with Crippen molar-refractivity contribution in [3.05, 3.63) is 24.3 Å². The molecule has 0 unspecified atom stereocenters.